The van der Waals surface area contributed by atoms with Gasteiger partial charge in [0.15, 0.2) is 11.5 Å². The Balaban J connectivity index is 1.92. The number of carbonyl (C=O) groups excluding carboxylic acids is 1. The lowest BCUT2D eigenvalue weighted by molar-refractivity contribution is -0.126. The minimum absolute atomic E-state index is 0.0719. The van der Waals surface area contributed by atoms with Gasteiger partial charge in [0, 0.05) is 19.2 Å². The third kappa shape index (κ3) is 4.38. The Kier molecular flexibility index (Phi) is 5.43. The molecule has 4 heteroatoms. The van der Waals surface area contributed by atoms with Crippen LogP contribution in [0.4, 0.5) is 0 Å². The first-order chi connectivity index (χ1) is 10.2. The number of nitrogens with zero attached hydrogens (tertiary/aromatic N) is 1. The molecule has 112 valence electrons. The number of hydrogen-bond acceptors (Lipinski definition) is 3. The summed E-state index contributed by atoms with van der Waals surface area (Å²) in [6, 6.07) is 5.11. The molecule has 0 spiro atoms. The molecule has 1 amide bonds. The third-order valence-electron chi connectivity index (χ3n) is 3.51. The predicted molar refractivity (Wildman–Crippen MR) is 83.3 cm³/mol. The van der Waals surface area contributed by atoms with E-state index in [1.807, 2.05) is 17.1 Å². The van der Waals surface area contributed by atoms with Crippen LogP contribution < -0.4 is 4.74 Å². The standard InChI is InChI=1S/C17H21NO3/c1-21-16-13-14(9-10-15(16)19)7-3-4-8-17(20)18-11-5-2-6-12-18/h3-4,7-10,13,19H,2,5-6,11-12H2,1H3/b7-3-,8-4+. The number of carbonyl (C=O) groups is 1. The van der Waals surface area contributed by atoms with Crippen LogP contribution in [0.25, 0.3) is 6.08 Å². The molecule has 1 aromatic rings. The monoisotopic (exact) mass is 287 g/mol. The van der Waals surface area contributed by atoms with Gasteiger partial charge in [-0.1, -0.05) is 24.3 Å². The highest BCUT2D eigenvalue weighted by molar-refractivity contribution is 5.88. The van der Waals surface area contributed by atoms with Crippen molar-refractivity contribution in [3.05, 3.63) is 42.0 Å². The van der Waals surface area contributed by atoms with Gasteiger partial charge in [-0.2, -0.15) is 0 Å². The highest BCUT2D eigenvalue weighted by atomic mass is 16.5. The molecular weight excluding hydrogens is 266 g/mol. The molecule has 0 bridgehead atoms. The second-order valence-corrected chi connectivity index (χ2v) is 5.04. The van der Waals surface area contributed by atoms with Crippen molar-refractivity contribution >= 4 is 12.0 Å². The van der Waals surface area contributed by atoms with Gasteiger partial charge in [0.05, 0.1) is 7.11 Å². The first kappa shape index (κ1) is 15.2. The van der Waals surface area contributed by atoms with Crippen molar-refractivity contribution in [2.45, 2.75) is 19.3 Å². The zero-order valence-electron chi connectivity index (χ0n) is 12.3. The van der Waals surface area contributed by atoms with Gasteiger partial charge in [-0.05, 0) is 37.0 Å². The minimum atomic E-state index is 0.0719. The maximum absolute atomic E-state index is 11.9. The Morgan fingerprint density at radius 1 is 1.24 bits per heavy atom. The lowest BCUT2D eigenvalue weighted by Crippen LogP contribution is -2.34. The van der Waals surface area contributed by atoms with E-state index in [4.69, 9.17) is 4.74 Å². The third-order valence-corrected chi connectivity index (χ3v) is 3.51. The number of likely N-dealkylation sites (tertiary alicyclic amines) is 1. The summed E-state index contributed by atoms with van der Waals surface area (Å²) < 4.78 is 5.05. The van der Waals surface area contributed by atoms with Crippen LogP contribution in [0.5, 0.6) is 11.5 Å². The van der Waals surface area contributed by atoms with E-state index < -0.39 is 0 Å². The fourth-order valence-electron chi connectivity index (χ4n) is 2.32. The number of methoxy groups -OCH3 is 1. The van der Waals surface area contributed by atoms with Crippen molar-refractivity contribution in [1.82, 2.24) is 4.90 Å². The van der Waals surface area contributed by atoms with Crippen molar-refractivity contribution in [3.8, 4) is 11.5 Å². The number of allylic oxidation sites excluding steroid dienone is 2. The van der Waals surface area contributed by atoms with Gasteiger partial charge in [-0.15, -0.1) is 0 Å². The van der Waals surface area contributed by atoms with Gasteiger partial charge in [0.25, 0.3) is 0 Å². The Morgan fingerprint density at radius 3 is 2.71 bits per heavy atom. The van der Waals surface area contributed by atoms with Crippen LogP contribution in [0, 0.1) is 0 Å². The molecule has 21 heavy (non-hydrogen) atoms. The first-order valence-electron chi connectivity index (χ1n) is 7.21. The van der Waals surface area contributed by atoms with Crippen molar-refractivity contribution in [1.29, 1.82) is 0 Å². The van der Waals surface area contributed by atoms with Crippen molar-refractivity contribution < 1.29 is 14.6 Å². The maximum Gasteiger partial charge on any atom is 0.246 e. The second kappa shape index (κ2) is 7.53. The molecule has 4 nitrogen and oxygen atoms in total. The zero-order valence-corrected chi connectivity index (χ0v) is 12.3. The molecule has 0 aliphatic carbocycles. The lowest BCUT2D eigenvalue weighted by Gasteiger charge is -2.25. The van der Waals surface area contributed by atoms with Crippen molar-refractivity contribution in [2.75, 3.05) is 20.2 Å². The number of rotatable bonds is 4. The summed E-state index contributed by atoms with van der Waals surface area (Å²) >= 11 is 0. The van der Waals surface area contributed by atoms with E-state index in [-0.39, 0.29) is 11.7 Å². The Hall–Kier alpha value is -2.23. The van der Waals surface area contributed by atoms with Gasteiger partial charge < -0.3 is 14.7 Å². The van der Waals surface area contributed by atoms with Crippen LogP contribution in [-0.2, 0) is 4.79 Å². The molecule has 0 saturated carbocycles. The summed E-state index contributed by atoms with van der Waals surface area (Å²) in [5, 5.41) is 9.51. The highest BCUT2D eigenvalue weighted by Crippen LogP contribution is 2.26. The molecular formula is C17H21NO3. The number of phenols is 1. The Bertz CT molecular complexity index is 543. The SMILES string of the molecule is COc1cc(/C=C\C=C\C(=O)N2CCCCC2)ccc1O. The van der Waals surface area contributed by atoms with Gasteiger partial charge in [-0.3, -0.25) is 4.79 Å². The molecule has 0 unspecified atom stereocenters. The fraction of sp³-hybridized carbons (Fsp3) is 0.353. The molecule has 1 N–H and O–H groups in total. The molecule has 1 aromatic carbocycles. The largest absolute Gasteiger partial charge is 0.504 e. The number of benzene rings is 1. The van der Waals surface area contributed by atoms with Gasteiger partial charge in [0.2, 0.25) is 5.91 Å². The molecule has 1 heterocycles. The summed E-state index contributed by atoms with van der Waals surface area (Å²) in [5.74, 6) is 0.624. The Labute approximate surface area is 125 Å². The normalized spacial score (nSPS) is 15.8. The first-order valence-corrected chi connectivity index (χ1v) is 7.21. The molecule has 0 aromatic heterocycles. The zero-order chi connectivity index (χ0) is 15.1. The molecule has 1 aliphatic heterocycles. The number of amides is 1. The summed E-state index contributed by atoms with van der Waals surface area (Å²) in [5.41, 5.74) is 0.903. The minimum Gasteiger partial charge on any atom is -0.504 e. The van der Waals surface area contributed by atoms with Crippen LogP contribution in [0.3, 0.4) is 0 Å². The van der Waals surface area contributed by atoms with Gasteiger partial charge in [0.1, 0.15) is 0 Å². The summed E-state index contributed by atoms with van der Waals surface area (Å²) in [6.07, 6.45) is 10.4. The summed E-state index contributed by atoms with van der Waals surface area (Å²) in [7, 11) is 1.51. The number of phenolic OH excluding ortho intramolecular Hbond substituents is 1. The maximum atomic E-state index is 11.9. The molecule has 1 saturated heterocycles. The van der Waals surface area contributed by atoms with Crippen molar-refractivity contribution in [3.63, 3.8) is 0 Å². The van der Waals surface area contributed by atoms with Crippen LogP contribution >= 0.6 is 0 Å². The van der Waals surface area contributed by atoms with Crippen LogP contribution in [0.2, 0.25) is 0 Å². The van der Waals surface area contributed by atoms with Crippen LogP contribution in [-0.4, -0.2) is 36.1 Å². The average molecular weight is 287 g/mol. The van der Waals surface area contributed by atoms with E-state index in [1.165, 1.54) is 13.5 Å². The highest BCUT2D eigenvalue weighted by Gasteiger charge is 2.13. The molecule has 2 rings (SSSR count). The summed E-state index contributed by atoms with van der Waals surface area (Å²) in [4.78, 5) is 13.8. The van der Waals surface area contributed by atoms with E-state index in [0.717, 1.165) is 31.5 Å². The van der Waals surface area contributed by atoms with E-state index in [0.29, 0.717) is 5.75 Å². The van der Waals surface area contributed by atoms with E-state index >= 15 is 0 Å². The van der Waals surface area contributed by atoms with Crippen LogP contribution in [0.1, 0.15) is 24.8 Å². The fourth-order valence-corrected chi connectivity index (χ4v) is 2.32. The summed E-state index contributed by atoms with van der Waals surface area (Å²) in [6.45, 7) is 1.73. The molecule has 1 fully saturated rings. The van der Waals surface area contributed by atoms with Crippen molar-refractivity contribution in [2.24, 2.45) is 0 Å². The molecule has 1 aliphatic rings. The number of hydrogen-bond donors (Lipinski definition) is 1. The van der Waals surface area contributed by atoms with E-state index in [1.54, 1.807) is 30.4 Å². The van der Waals surface area contributed by atoms with E-state index in [9.17, 15) is 9.90 Å². The molecule has 0 atom stereocenters. The number of ether oxygens (including phenoxy) is 1. The van der Waals surface area contributed by atoms with Gasteiger partial charge in [-0.25, -0.2) is 0 Å². The lowest BCUT2D eigenvalue weighted by atomic mass is 10.1. The van der Waals surface area contributed by atoms with E-state index in [2.05, 4.69) is 0 Å². The molecule has 0 radical (unpaired) electrons. The predicted octanol–water partition coefficient (Wildman–Crippen LogP) is 2.98. The second-order valence-electron chi connectivity index (χ2n) is 5.04. The number of aromatic hydroxyl groups is 1. The topological polar surface area (TPSA) is 49.8 Å². The van der Waals surface area contributed by atoms with Gasteiger partial charge >= 0.3 is 0 Å². The number of piperidine rings is 1. The smallest absolute Gasteiger partial charge is 0.246 e. The Morgan fingerprint density at radius 2 is 2.00 bits per heavy atom. The quantitative estimate of drug-likeness (QED) is 0.684. The average Bonchev–Trinajstić information content (AvgIpc) is 2.53. The van der Waals surface area contributed by atoms with Crippen LogP contribution in [0.15, 0.2) is 36.4 Å².